The van der Waals surface area contributed by atoms with Crippen LogP contribution in [0, 0.1) is 5.92 Å². The van der Waals surface area contributed by atoms with Gasteiger partial charge in [-0.3, -0.25) is 4.57 Å². The smallest absolute Gasteiger partial charge is 0.210 e. The first-order valence-corrected chi connectivity index (χ1v) is 8.63. The molecule has 0 amide bonds. The second-order valence-electron chi connectivity index (χ2n) is 5.01. The van der Waals surface area contributed by atoms with Crippen LogP contribution in [0.4, 0.5) is 0 Å². The molecule has 5 heteroatoms. The Kier molecular flexibility index (Phi) is 4.08. The summed E-state index contributed by atoms with van der Waals surface area (Å²) < 4.78 is 17.7. The molecule has 4 nitrogen and oxygen atoms in total. The Morgan fingerprint density at radius 2 is 2.33 bits per heavy atom. The predicted octanol–water partition coefficient (Wildman–Crippen LogP) is 3.23. The van der Waals surface area contributed by atoms with E-state index in [1.165, 1.54) is 12.8 Å². The number of aromatic hydroxyl groups is 1. The number of pyridine rings is 1. The molecule has 0 radical (unpaired) electrons. The van der Waals surface area contributed by atoms with Crippen molar-refractivity contribution in [2.75, 3.05) is 19.4 Å². The highest BCUT2D eigenvalue weighted by Crippen LogP contribution is 2.53. The summed E-state index contributed by atoms with van der Waals surface area (Å²) in [5.41, 5.74) is 1.02. The maximum Gasteiger partial charge on any atom is 0.210 e. The molecule has 0 spiro atoms. The van der Waals surface area contributed by atoms with E-state index >= 15 is 0 Å². The minimum absolute atomic E-state index is 0.0282. The lowest BCUT2D eigenvalue weighted by Crippen LogP contribution is -2.09. The second-order valence-corrected chi connectivity index (χ2v) is 7.66. The summed E-state index contributed by atoms with van der Waals surface area (Å²) >= 11 is 0. The lowest BCUT2D eigenvalue weighted by atomic mass is 9.97. The van der Waals surface area contributed by atoms with E-state index in [2.05, 4.69) is 4.98 Å². The molecule has 2 rings (SSSR count). The molecule has 0 aromatic carbocycles. The fourth-order valence-electron chi connectivity index (χ4n) is 2.37. The van der Waals surface area contributed by atoms with Crippen LogP contribution in [-0.2, 0) is 9.09 Å². The fourth-order valence-corrected chi connectivity index (χ4v) is 4.25. The van der Waals surface area contributed by atoms with E-state index in [1.54, 1.807) is 18.9 Å². The maximum atomic E-state index is 12.3. The molecule has 0 saturated heterocycles. The Balaban J connectivity index is 2.16. The van der Waals surface area contributed by atoms with Crippen LogP contribution < -0.4 is 0 Å². The monoisotopic (exact) mass is 269 g/mol. The zero-order valence-electron chi connectivity index (χ0n) is 10.9. The van der Waals surface area contributed by atoms with Gasteiger partial charge < -0.3 is 9.63 Å². The van der Waals surface area contributed by atoms with Crippen molar-refractivity contribution in [1.82, 2.24) is 4.98 Å². The summed E-state index contributed by atoms with van der Waals surface area (Å²) in [6, 6.07) is 3.57. The van der Waals surface area contributed by atoms with Crippen molar-refractivity contribution in [2.45, 2.75) is 25.7 Å². The quantitative estimate of drug-likeness (QED) is 0.805. The fraction of sp³-hybridized carbons (Fsp3) is 0.615. The molecule has 1 aliphatic carbocycles. The normalized spacial score (nSPS) is 20.3. The molecule has 100 valence electrons. The van der Waals surface area contributed by atoms with Crippen LogP contribution in [-0.4, -0.2) is 29.5 Å². The van der Waals surface area contributed by atoms with Gasteiger partial charge in [0.2, 0.25) is 13.2 Å². The largest absolute Gasteiger partial charge is 0.493 e. The van der Waals surface area contributed by atoms with Gasteiger partial charge in [-0.1, -0.05) is 0 Å². The highest BCUT2D eigenvalue weighted by molar-refractivity contribution is 7.58. The summed E-state index contributed by atoms with van der Waals surface area (Å²) in [5, 5.41) is 9.45. The molecule has 1 aromatic heterocycles. The van der Waals surface area contributed by atoms with E-state index in [1.807, 2.05) is 13.0 Å². The van der Waals surface area contributed by atoms with Crippen LogP contribution in [0.15, 0.2) is 18.3 Å². The molecule has 1 aromatic rings. The molecular formula is C13H20NO3P. The predicted molar refractivity (Wildman–Crippen MR) is 71.4 cm³/mol. The number of aromatic nitrogens is 1. The SMILES string of the molecule is CCOP(C)(=O)C[C@H](c1ccnc(O)c1)C1CC1. The van der Waals surface area contributed by atoms with Crippen molar-refractivity contribution in [3.05, 3.63) is 23.9 Å². The van der Waals surface area contributed by atoms with Gasteiger partial charge >= 0.3 is 0 Å². The minimum atomic E-state index is -2.55. The Morgan fingerprint density at radius 3 is 2.89 bits per heavy atom. The third kappa shape index (κ3) is 3.56. The molecule has 1 heterocycles. The molecule has 1 fully saturated rings. The van der Waals surface area contributed by atoms with Crippen LogP contribution in [0.5, 0.6) is 5.88 Å². The molecule has 0 bridgehead atoms. The Bertz CT molecular complexity index is 459. The topological polar surface area (TPSA) is 59.4 Å². The van der Waals surface area contributed by atoms with Crippen molar-refractivity contribution in [1.29, 1.82) is 0 Å². The van der Waals surface area contributed by atoms with Crippen molar-refractivity contribution >= 4 is 7.37 Å². The molecule has 0 aliphatic heterocycles. The Hall–Kier alpha value is -0.860. The first kappa shape index (κ1) is 13.6. The van der Waals surface area contributed by atoms with E-state index in [0.29, 0.717) is 18.7 Å². The third-order valence-corrected chi connectivity index (χ3v) is 5.18. The number of nitrogens with zero attached hydrogens (tertiary/aromatic N) is 1. The summed E-state index contributed by atoms with van der Waals surface area (Å²) in [7, 11) is -2.55. The molecule has 1 saturated carbocycles. The van der Waals surface area contributed by atoms with E-state index in [9.17, 15) is 9.67 Å². The number of hydrogen-bond donors (Lipinski definition) is 1. The molecule has 1 N–H and O–H groups in total. The Morgan fingerprint density at radius 1 is 1.61 bits per heavy atom. The van der Waals surface area contributed by atoms with Crippen LogP contribution in [0.25, 0.3) is 0 Å². The molecule has 1 unspecified atom stereocenters. The van der Waals surface area contributed by atoms with E-state index in [0.717, 1.165) is 5.56 Å². The first-order chi connectivity index (χ1) is 8.52. The van der Waals surface area contributed by atoms with Gasteiger partial charge in [0.25, 0.3) is 0 Å². The molecular weight excluding hydrogens is 249 g/mol. The summed E-state index contributed by atoms with van der Waals surface area (Å²) in [6.07, 6.45) is 4.48. The highest BCUT2D eigenvalue weighted by atomic mass is 31.2. The minimum Gasteiger partial charge on any atom is -0.493 e. The van der Waals surface area contributed by atoms with E-state index in [4.69, 9.17) is 4.52 Å². The third-order valence-electron chi connectivity index (χ3n) is 3.32. The lowest BCUT2D eigenvalue weighted by Gasteiger charge is -2.21. The zero-order valence-corrected chi connectivity index (χ0v) is 11.8. The first-order valence-electron chi connectivity index (χ1n) is 6.38. The number of hydrogen-bond acceptors (Lipinski definition) is 4. The average Bonchev–Trinajstić information content (AvgIpc) is 3.09. The molecule has 2 atom stereocenters. The summed E-state index contributed by atoms with van der Waals surface area (Å²) in [5.74, 6) is 0.808. The maximum absolute atomic E-state index is 12.3. The van der Waals surface area contributed by atoms with Crippen molar-refractivity contribution in [3.63, 3.8) is 0 Å². The van der Waals surface area contributed by atoms with Crippen molar-refractivity contribution < 1.29 is 14.2 Å². The number of rotatable bonds is 6. The van der Waals surface area contributed by atoms with Gasteiger partial charge in [0.1, 0.15) is 0 Å². The zero-order chi connectivity index (χ0) is 13.2. The van der Waals surface area contributed by atoms with Crippen LogP contribution >= 0.6 is 7.37 Å². The van der Waals surface area contributed by atoms with Crippen LogP contribution in [0.3, 0.4) is 0 Å². The lowest BCUT2D eigenvalue weighted by molar-refractivity contribution is 0.334. The average molecular weight is 269 g/mol. The van der Waals surface area contributed by atoms with Crippen molar-refractivity contribution in [3.8, 4) is 5.88 Å². The summed E-state index contributed by atoms with van der Waals surface area (Å²) in [6.45, 7) is 4.04. The summed E-state index contributed by atoms with van der Waals surface area (Å²) in [4.78, 5) is 3.79. The van der Waals surface area contributed by atoms with Gasteiger partial charge in [-0.2, -0.15) is 0 Å². The van der Waals surface area contributed by atoms with Gasteiger partial charge in [0.05, 0.1) is 6.61 Å². The molecule has 1 aliphatic rings. The van der Waals surface area contributed by atoms with Crippen LogP contribution in [0.2, 0.25) is 0 Å². The van der Waals surface area contributed by atoms with E-state index < -0.39 is 7.37 Å². The van der Waals surface area contributed by atoms with Crippen molar-refractivity contribution in [2.24, 2.45) is 5.92 Å². The van der Waals surface area contributed by atoms with Gasteiger partial charge in [0.15, 0.2) is 0 Å². The molecule has 18 heavy (non-hydrogen) atoms. The second kappa shape index (κ2) is 5.41. The van der Waals surface area contributed by atoms with Gasteiger partial charge in [0, 0.05) is 25.1 Å². The van der Waals surface area contributed by atoms with Gasteiger partial charge in [-0.05, 0) is 43.2 Å². The van der Waals surface area contributed by atoms with E-state index in [-0.39, 0.29) is 11.8 Å². The standard InChI is InChI=1S/C13H20NO3P/c1-3-17-18(2,16)9-12(10-4-5-10)11-6-7-14-13(15)8-11/h6-8,10,12H,3-5,9H2,1-2H3,(H,14,15)/t12-,18?/m0/s1. The Labute approximate surface area is 108 Å². The van der Waals surface area contributed by atoms with Gasteiger partial charge in [-0.15, -0.1) is 0 Å². The highest BCUT2D eigenvalue weighted by Gasteiger charge is 2.36. The van der Waals surface area contributed by atoms with Gasteiger partial charge in [-0.25, -0.2) is 4.98 Å². The van der Waals surface area contributed by atoms with Crippen LogP contribution in [0.1, 0.15) is 31.2 Å².